The van der Waals surface area contributed by atoms with Gasteiger partial charge in [-0.15, -0.1) is 0 Å². The molecule has 1 aromatic carbocycles. The van der Waals surface area contributed by atoms with E-state index in [0.29, 0.717) is 17.9 Å². The number of amides is 1. The van der Waals surface area contributed by atoms with E-state index in [1.165, 1.54) is 20.2 Å². The van der Waals surface area contributed by atoms with Gasteiger partial charge in [0.15, 0.2) is 0 Å². The zero-order valence-electron chi connectivity index (χ0n) is 13.0. The second-order valence-electron chi connectivity index (χ2n) is 4.85. The summed E-state index contributed by atoms with van der Waals surface area (Å²) in [6, 6.07) is 4.79. The highest BCUT2D eigenvalue weighted by molar-refractivity contribution is 7.89. The van der Waals surface area contributed by atoms with Gasteiger partial charge in [-0.1, -0.05) is 6.07 Å². The number of carbonyl (C=O) groups is 1. The molecule has 0 aromatic heterocycles. The lowest BCUT2D eigenvalue weighted by molar-refractivity contribution is -0.126. The van der Waals surface area contributed by atoms with E-state index in [1.807, 2.05) is 0 Å². The first-order valence-corrected chi connectivity index (χ1v) is 8.09. The SMILES string of the molecule is CCOC(C)C(=O)Nc1ccc(C)c(S(=O)(=O)N(C)C)c1. The molecule has 0 aliphatic carbocycles. The topological polar surface area (TPSA) is 75.7 Å². The Labute approximate surface area is 126 Å². The average molecular weight is 314 g/mol. The molecule has 0 radical (unpaired) electrons. The molecule has 1 N–H and O–H groups in total. The number of nitrogens with zero attached hydrogens (tertiary/aromatic N) is 1. The van der Waals surface area contributed by atoms with E-state index < -0.39 is 16.1 Å². The summed E-state index contributed by atoms with van der Waals surface area (Å²) in [4.78, 5) is 12.1. The Morgan fingerprint density at radius 2 is 2.00 bits per heavy atom. The van der Waals surface area contributed by atoms with Crippen molar-refractivity contribution in [2.75, 3.05) is 26.0 Å². The van der Waals surface area contributed by atoms with E-state index in [9.17, 15) is 13.2 Å². The van der Waals surface area contributed by atoms with Gasteiger partial charge in [0.2, 0.25) is 10.0 Å². The third-order valence-corrected chi connectivity index (χ3v) is 4.96. The van der Waals surface area contributed by atoms with Gasteiger partial charge in [-0.2, -0.15) is 0 Å². The van der Waals surface area contributed by atoms with E-state index in [0.717, 1.165) is 4.31 Å². The first-order chi connectivity index (χ1) is 9.70. The van der Waals surface area contributed by atoms with E-state index in [4.69, 9.17) is 4.74 Å². The first kappa shape index (κ1) is 17.6. The van der Waals surface area contributed by atoms with Crippen molar-refractivity contribution in [1.29, 1.82) is 0 Å². The van der Waals surface area contributed by atoms with Crippen molar-refractivity contribution < 1.29 is 17.9 Å². The lowest BCUT2D eigenvalue weighted by Crippen LogP contribution is -2.28. The second-order valence-corrected chi connectivity index (χ2v) is 6.97. The fourth-order valence-electron chi connectivity index (χ4n) is 1.72. The molecule has 7 heteroatoms. The molecule has 1 unspecified atom stereocenters. The van der Waals surface area contributed by atoms with Crippen LogP contribution in [-0.4, -0.2) is 45.4 Å². The minimum absolute atomic E-state index is 0.175. The summed E-state index contributed by atoms with van der Waals surface area (Å²) in [5.74, 6) is -0.311. The quantitative estimate of drug-likeness (QED) is 0.865. The lowest BCUT2D eigenvalue weighted by Gasteiger charge is -2.16. The lowest BCUT2D eigenvalue weighted by atomic mass is 10.2. The summed E-state index contributed by atoms with van der Waals surface area (Å²) in [6.45, 7) is 5.59. The molecular formula is C14H22N2O4S. The number of aryl methyl sites for hydroxylation is 1. The van der Waals surface area contributed by atoms with Crippen LogP contribution in [0.5, 0.6) is 0 Å². The molecular weight excluding hydrogens is 292 g/mol. The van der Waals surface area contributed by atoms with Crippen LogP contribution in [0.25, 0.3) is 0 Å². The molecule has 0 bridgehead atoms. The molecule has 6 nitrogen and oxygen atoms in total. The van der Waals surface area contributed by atoms with Gasteiger partial charge in [0.05, 0.1) is 4.90 Å². The zero-order chi connectivity index (χ0) is 16.2. The van der Waals surface area contributed by atoms with E-state index in [-0.39, 0.29) is 10.8 Å². The average Bonchev–Trinajstić information content (AvgIpc) is 2.40. The first-order valence-electron chi connectivity index (χ1n) is 6.65. The van der Waals surface area contributed by atoms with Crippen molar-refractivity contribution in [1.82, 2.24) is 4.31 Å². The summed E-state index contributed by atoms with van der Waals surface area (Å²) in [5.41, 5.74) is 1.05. The van der Waals surface area contributed by atoms with Crippen LogP contribution in [0.4, 0.5) is 5.69 Å². The maximum Gasteiger partial charge on any atom is 0.253 e. The van der Waals surface area contributed by atoms with Crippen LogP contribution >= 0.6 is 0 Å². The molecule has 0 spiro atoms. The van der Waals surface area contributed by atoms with Gasteiger partial charge in [0.1, 0.15) is 6.10 Å². The molecule has 21 heavy (non-hydrogen) atoms. The van der Waals surface area contributed by atoms with Crippen LogP contribution in [0.3, 0.4) is 0 Å². The van der Waals surface area contributed by atoms with Crippen molar-refractivity contribution in [2.45, 2.75) is 31.8 Å². The van der Waals surface area contributed by atoms with Gasteiger partial charge in [0.25, 0.3) is 5.91 Å². The van der Waals surface area contributed by atoms with E-state index >= 15 is 0 Å². The predicted molar refractivity (Wildman–Crippen MR) is 81.8 cm³/mol. The Morgan fingerprint density at radius 1 is 1.38 bits per heavy atom. The zero-order valence-corrected chi connectivity index (χ0v) is 13.8. The summed E-state index contributed by atoms with van der Waals surface area (Å²) in [5, 5.41) is 2.66. The monoisotopic (exact) mass is 314 g/mol. The van der Waals surface area contributed by atoms with Crippen molar-refractivity contribution >= 4 is 21.6 Å². The molecule has 0 heterocycles. The minimum atomic E-state index is -3.55. The largest absolute Gasteiger partial charge is 0.369 e. The molecule has 1 atom stereocenters. The molecule has 0 aliphatic rings. The Morgan fingerprint density at radius 3 is 2.52 bits per heavy atom. The van der Waals surface area contributed by atoms with Crippen molar-refractivity contribution in [3.05, 3.63) is 23.8 Å². The van der Waals surface area contributed by atoms with Gasteiger partial charge in [0, 0.05) is 26.4 Å². The van der Waals surface area contributed by atoms with Gasteiger partial charge in [-0.3, -0.25) is 4.79 Å². The number of benzene rings is 1. The Balaban J connectivity index is 3.06. The maximum absolute atomic E-state index is 12.2. The van der Waals surface area contributed by atoms with E-state index in [2.05, 4.69) is 5.32 Å². The van der Waals surface area contributed by atoms with Gasteiger partial charge in [-0.05, 0) is 38.5 Å². The van der Waals surface area contributed by atoms with Crippen molar-refractivity contribution in [3.8, 4) is 0 Å². The number of rotatable bonds is 6. The predicted octanol–water partition coefficient (Wildman–Crippen LogP) is 1.61. The number of sulfonamides is 1. The number of nitrogens with one attached hydrogen (secondary N) is 1. The van der Waals surface area contributed by atoms with Crippen LogP contribution < -0.4 is 5.32 Å². The standard InChI is InChI=1S/C14H22N2O4S/c1-6-20-11(3)14(17)15-12-8-7-10(2)13(9-12)21(18,19)16(4)5/h7-9,11H,6H2,1-5H3,(H,15,17). The summed E-state index contributed by atoms with van der Waals surface area (Å²) in [6.07, 6.45) is -0.592. The third kappa shape index (κ3) is 4.26. The Hall–Kier alpha value is -1.44. The highest BCUT2D eigenvalue weighted by atomic mass is 32.2. The maximum atomic E-state index is 12.2. The molecule has 0 fully saturated rings. The summed E-state index contributed by atoms with van der Waals surface area (Å²) >= 11 is 0. The van der Waals surface area contributed by atoms with E-state index in [1.54, 1.807) is 32.9 Å². The van der Waals surface area contributed by atoms with Crippen molar-refractivity contribution in [3.63, 3.8) is 0 Å². The molecule has 0 aliphatic heterocycles. The number of carbonyl (C=O) groups excluding carboxylic acids is 1. The van der Waals surface area contributed by atoms with Crippen LogP contribution in [0.1, 0.15) is 19.4 Å². The number of ether oxygens (including phenoxy) is 1. The summed E-state index contributed by atoms with van der Waals surface area (Å²) < 4.78 is 30.8. The van der Waals surface area contributed by atoms with Crippen LogP contribution in [-0.2, 0) is 19.6 Å². The molecule has 1 rings (SSSR count). The number of anilines is 1. The molecule has 118 valence electrons. The van der Waals surface area contributed by atoms with Gasteiger partial charge < -0.3 is 10.1 Å². The number of hydrogen-bond acceptors (Lipinski definition) is 4. The molecule has 0 saturated heterocycles. The molecule has 1 aromatic rings. The van der Waals surface area contributed by atoms with Crippen LogP contribution in [0, 0.1) is 6.92 Å². The number of hydrogen-bond donors (Lipinski definition) is 1. The minimum Gasteiger partial charge on any atom is -0.369 e. The fraction of sp³-hybridized carbons (Fsp3) is 0.500. The Kier molecular flexibility index (Phi) is 5.88. The molecule has 0 saturated carbocycles. The molecule has 1 amide bonds. The van der Waals surface area contributed by atoms with Crippen LogP contribution in [0.15, 0.2) is 23.1 Å². The second kappa shape index (κ2) is 7.02. The summed E-state index contributed by atoms with van der Waals surface area (Å²) in [7, 11) is -0.607. The van der Waals surface area contributed by atoms with Gasteiger partial charge >= 0.3 is 0 Å². The van der Waals surface area contributed by atoms with Crippen molar-refractivity contribution in [2.24, 2.45) is 0 Å². The fourth-order valence-corrected chi connectivity index (χ4v) is 2.87. The Bertz CT molecular complexity index is 611. The van der Waals surface area contributed by atoms with Crippen LogP contribution in [0.2, 0.25) is 0 Å². The smallest absolute Gasteiger partial charge is 0.253 e. The van der Waals surface area contributed by atoms with Gasteiger partial charge in [-0.25, -0.2) is 12.7 Å². The highest BCUT2D eigenvalue weighted by Crippen LogP contribution is 2.22. The third-order valence-electron chi connectivity index (χ3n) is 3.00. The normalized spacial score (nSPS) is 13.2. The highest BCUT2D eigenvalue weighted by Gasteiger charge is 2.21.